The Morgan fingerprint density at radius 1 is 1.50 bits per heavy atom. The number of hydrogen-bond acceptors (Lipinski definition) is 4. The summed E-state index contributed by atoms with van der Waals surface area (Å²) in [7, 11) is 0. The lowest BCUT2D eigenvalue weighted by Crippen LogP contribution is -2.39. The zero-order chi connectivity index (χ0) is 14.7. The number of aryl methyl sites for hydroxylation is 1. The number of hydrogen-bond donors (Lipinski definition) is 3. The molecule has 20 heavy (non-hydrogen) atoms. The Morgan fingerprint density at radius 2 is 2.25 bits per heavy atom. The molecule has 6 nitrogen and oxygen atoms in total. The average Bonchev–Trinajstić information content (AvgIpc) is 2.79. The quantitative estimate of drug-likeness (QED) is 0.770. The highest BCUT2D eigenvalue weighted by Crippen LogP contribution is 2.15. The first-order valence-corrected chi connectivity index (χ1v) is 6.75. The van der Waals surface area contributed by atoms with Gasteiger partial charge in [-0.05, 0) is 25.3 Å². The van der Waals surface area contributed by atoms with Gasteiger partial charge < -0.3 is 10.4 Å². The molecule has 1 amide bonds. The van der Waals surface area contributed by atoms with Crippen LogP contribution >= 0.6 is 0 Å². The number of rotatable bonds is 5. The third-order valence-corrected chi connectivity index (χ3v) is 3.42. The summed E-state index contributed by atoms with van der Waals surface area (Å²) in [5.74, 6) is 0.0885. The fraction of sp³-hybridized carbons (Fsp3) is 0.500. The summed E-state index contributed by atoms with van der Waals surface area (Å²) in [6.45, 7) is 5.98. The Balaban J connectivity index is 2.19. The van der Waals surface area contributed by atoms with Crippen molar-refractivity contribution in [2.75, 3.05) is 6.61 Å². The van der Waals surface area contributed by atoms with Crippen molar-refractivity contribution in [3.8, 4) is 0 Å². The van der Waals surface area contributed by atoms with E-state index in [0.29, 0.717) is 17.6 Å². The van der Waals surface area contributed by atoms with Gasteiger partial charge in [0, 0.05) is 29.9 Å². The van der Waals surface area contributed by atoms with E-state index in [-0.39, 0.29) is 24.5 Å². The first-order chi connectivity index (χ1) is 9.52. The topological polar surface area (TPSA) is 90.9 Å². The van der Waals surface area contributed by atoms with Gasteiger partial charge in [0.05, 0.1) is 5.56 Å². The van der Waals surface area contributed by atoms with E-state index in [9.17, 15) is 4.79 Å². The number of nitrogens with one attached hydrogen (secondary N) is 2. The second-order valence-electron chi connectivity index (χ2n) is 5.28. The molecule has 0 aromatic carbocycles. The number of carbonyl (C=O) groups excluding carboxylic acids is 1. The SMILES string of the molecule is Cc1[nH]nc2ncc(C(=O)NC(CCO)C(C)C)cc12. The minimum atomic E-state index is -0.174. The number of amides is 1. The fourth-order valence-corrected chi connectivity index (χ4v) is 2.11. The number of aliphatic hydroxyl groups is 1. The molecule has 6 heteroatoms. The van der Waals surface area contributed by atoms with E-state index in [1.54, 1.807) is 6.07 Å². The highest BCUT2D eigenvalue weighted by molar-refractivity contribution is 5.97. The van der Waals surface area contributed by atoms with Crippen molar-refractivity contribution in [1.29, 1.82) is 0 Å². The molecule has 0 saturated carbocycles. The second kappa shape index (κ2) is 6.00. The number of aromatic amines is 1. The van der Waals surface area contributed by atoms with Crippen molar-refractivity contribution in [2.45, 2.75) is 33.2 Å². The zero-order valence-electron chi connectivity index (χ0n) is 12.0. The standard InChI is InChI=1S/C14H20N4O2/c1-8(2)12(4-5-19)16-14(20)10-6-11-9(3)17-18-13(11)15-7-10/h6-8,12,19H,4-5H2,1-3H3,(H,16,20)(H,15,17,18). The fourth-order valence-electron chi connectivity index (χ4n) is 2.11. The van der Waals surface area contributed by atoms with Crippen LogP contribution in [-0.4, -0.2) is 38.8 Å². The lowest BCUT2D eigenvalue weighted by atomic mass is 10.0. The molecule has 0 saturated heterocycles. The van der Waals surface area contributed by atoms with Gasteiger partial charge in [0.15, 0.2) is 5.65 Å². The normalized spacial score (nSPS) is 12.8. The van der Waals surface area contributed by atoms with Gasteiger partial charge in [0.2, 0.25) is 0 Å². The first-order valence-electron chi connectivity index (χ1n) is 6.75. The third kappa shape index (κ3) is 2.96. The molecular weight excluding hydrogens is 256 g/mol. The van der Waals surface area contributed by atoms with Gasteiger partial charge in [-0.15, -0.1) is 0 Å². The van der Waals surface area contributed by atoms with Gasteiger partial charge in [0.25, 0.3) is 5.91 Å². The van der Waals surface area contributed by atoms with Crippen molar-refractivity contribution >= 4 is 16.9 Å². The molecule has 1 unspecified atom stereocenters. The number of aromatic nitrogens is 3. The number of H-pyrrole nitrogens is 1. The van der Waals surface area contributed by atoms with Gasteiger partial charge in [-0.1, -0.05) is 13.8 Å². The summed E-state index contributed by atoms with van der Waals surface area (Å²) in [6, 6.07) is 1.74. The number of carbonyl (C=O) groups is 1. The van der Waals surface area contributed by atoms with E-state index >= 15 is 0 Å². The number of pyridine rings is 1. The Hall–Kier alpha value is -1.95. The lowest BCUT2D eigenvalue weighted by Gasteiger charge is -2.21. The van der Waals surface area contributed by atoms with Crippen LogP contribution in [0.25, 0.3) is 11.0 Å². The second-order valence-corrected chi connectivity index (χ2v) is 5.28. The van der Waals surface area contributed by atoms with E-state index in [1.165, 1.54) is 6.20 Å². The molecule has 0 spiro atoms. The van der Waals surface area contributed by atoms with E-state index in [2.05, 4.69) is 20.5 Å². The smallest absolute Gasteiger partial charge is 0.253 e. The number of aliphatic hydroxyl groups excluding tert-OH is 1. The zero-order valence-corrected chi connectivity index (χ0v) is 12.0. The van der Waals surface area contributed by atoms with Gasteiger partial charge >= 0.3 is 0 Å². The highest BCUT2D eigenvalue weighted by Gasteiger charge is 2.17. The maximum Gasteiger partial charge on any atom is 0.253 e. The van der Waals surface area contributed by atoms with Crippen molar-refractivity contribution in [1.82, 2.24) is 20.5 Å². The summed E-state index contributed by atoms with van der Waals surface area (Å²) < 4.78 is 0. The Morgan fingerprint density at radius 3 is 2.90 bits per heavy atom. The molecule has 0 bridgehead atoms. The van der Waals surface area contributed by atoms with E-state index in [0.717, 1.165) is 11.1 Å². The molecule has 0 radical (unpaired) electrons. The lowest BCUT2D eigenvalue weighted by molar-refractivity contribution is 0.0916. The van der Waals surface area contributed by atoms with Gasteiger partial charge in [0.1, 0.15) is 0 Å². The number of nitrogens with zero attached hydrogens (tertiary/aromatic N) is 2. The third-order valence-electron chi connectivity index (χ3n) is 3.42. The summed E-state index contributed by atoms with van der Waals surface area (Å²) in [5.41, 5.74) is 2.00. The monoisotopic (exact) mass is 276 g/mol. The van der Waals surface area contributed by atoms with Crippen LogP contribution in [-0.2, 0) is 0 Å². The minimum absolute atomic E-state index is 0.0476. The van der Waals surface area contributed by atoms with E-state index in [4.69, 9.17) is 5.11 Å². The maximum atomic E-state index is 12.2. The predicted molar refractivity (Wildman–Crippen MR) is 76.4 cm³/mol. The predicted octanol–water partition coefficient (Wildman–Crippen LogP) is 1.40. The minimum Gasteiger partial charge on any atom is -0.396 e. The van der Waals surface area contributed by atoms with Crippen molar-refractivity contribution < 1.29 is 9.90 Å². The summed E-state index contributed by atoms with van der Waals surface area (Å²) in [4.78, 5) is 16.4. The van der Waals surface area contributed by atoms with Crippen LogP contribution in [0.1, 0.15) is 36.3 Å². The van der Waals surface area contributed by atoms with Crippen molar-refractivity contribution in [2.24, 2.45) is 5.92 Å². The van der Waals surface area contributed by atoms with Crippen LogP contribution in [0.4, 0.5) is 0 Å². The summed E-state index contributed by atoms with van der Waals surface area (Å²) in [5, 5.41) is 19.7. The Labute approximate surface area is 117 Å². The largest absolute Gasteiger partial charge is 0.396 e. The highest BCUT2D eigenvalue weighted by atomic mass is 16.3. The van der Waals surface area contributed by atoms with Crippen LogP contribution in [0.3, 0.4) is 0 Å². The average molecular weight is 276 g/mol. The van der Waals surface area contributed by atoms with Crippen LogP contribution in [0.2, 0.25) is 0 Å². The molecule has 3 N–H and O–H groups in total. The summed E-state index contributed by atoms with van der Waals surface area (Å²) in [6.07, 6.45) is 2.07. The maximum absolute atomic E-state index is 12.2. The summed E-state index contributed by atoms with van der Waals surface area (Å²) >= 11 is 0. The molecule has 2 rings (SSSR count). The van der Waals surface area contributed by atoms with Crippen molar-refractivity contribution in [3.63, 3.8) is 0 Å². The molecule has 1 atom stereocenters. The van der Waals surface area contributed by atoms with Crippen LogP contribution in [0.15, 0.2) is 12.3 Å². The number of fused-ring (bicyclic) bond motifs is 1. The van der Waals surface area contributed by atoms with E-state index < -0.39 is 0 Å². The van der Waals surface area contributed by atoms with Gasteiger partial charge in [-0.2, -0.15) is 5.10 Å². The Kier molecular flexibility index (Phi) is 4.34. The molecule has 2 heterocycles. The van der Waals surface area contributed by atoms with Gasteiger partial charge in [-0.3, -0.25) is 9.89 Å². The van der Waals surface area contributed by atoms with E-state index in [1.807, 2.05) is 20.8 Å². The molecule has 0 aliphatic heterocycles. The first kappa shape index (κ1) is 14.5. The van der Waals surface area contributed by atoms with Crippen LogP contribution in [0.5, 0.6) is 0 Å². The van der Waals surface area contributed by atoms with Gasteiger partial charge in [-0.25, -0.2) is 4.98 Å². The van der Waals surface area contributed by atoms with Crippen LogP contribution in [0, 0.1) is 12.8 Å². The molecule has 2 aromatic rings. The molecule has 108 valence electrons. The molecular formula is C14H20N4O2. The molecule has 0 fully saturated rings. The molecule has 2 aromatic heterocycles. The Bertz CT molecular complexity index is 606. The molecule has 0 aliphatic rings. The van der Waals surface area contributed by atoms with Crippen molar-refractivity contribution in [3.05, 3.63) is 23.5 Å². The molecule has 0 aliphatic carbocycles. The van der Waals surface area contributed by atoms with Crippen LogP contribution < -0.4 is 5.32 Å².